The van der Waals surface area contributed by atoms with Gasteiger partial charge < -0.3 is 30.1 Å². The molecular formula is C13H19N6O6P. The lowest BCUT2D eigenvalue weighted by Crippen LogP contribution is -2.37. The third-order valence-electron chi connectivity index (χ3n) is 4.48. The number of fused-ring (bicyclic) bond motifs is 1. The quantitative estimate of drug-likeness (QED) is 0.349. The number of aliphatic hydroxyl groups is 1. The number of imidazole rings is 1. The molecule has 2 aliphatic rings. The third-order valence-corrected chi connectivity index (χ3v) is 5.54. The summed E-state index contributed by atoms with van der Waals surface area (Å²) in [6.07, 6.45) is 0.584. The maximum absolute atomic E-state index is 11.7. The Morgan fingerprint density at radius 3 is 2.81 bits per heavy atom. The van der Waals surface area contributed by atoms with Crippen LogP contribution in [0.3, 0.4) is 0 Å². The number of nitrogens with zero attached hydrogens (tertiary/aromatic N) is 5. The molecular weight excluding hydrogens is 367 g/mol. The number of aromatic nitrogens is 4. The number of hydrogen-bond acceptors (Lipinski definition) is 8. The second kappa shape index (κ2) is 6.50. The molecule has 2 saturated heterocycles. The van der Waals surface area contributed by atoms with Crippen LogP contribution in [-0.4, -0.2) is 77.1 Å². The molecule has 12 nitrogen and oxygen atoms in total. The van der Waals surface area contributed by atoms with E-state index >= 15 is 0 Å². The van der Waals surface area contributed by atoms with Crippen molar-refractivity contribution in [2.75, 3.05) is 25.4 Å². The fourth-order valence-electron chi connectivity index (χ4n) is 3.03. The van der Waals surface area contributed by atoms with Crippen LogP contribution >= 0.6 is 7.75 Å². The monoisotopic (exact) mass is 386 g/mol. The van der Waals surface area contributed by atoms with Crippen molar-refractivity contribution in [3.63, 3.8) is 0 Å². The molecule has 142 valence electrons. The lowest BCUT2D eigenvalue weighted by molar-refractivity contribution is -0.0269. The van der Waals surface area contributed by atoms with Gasteiger partial charge in [-0.15, -0.1) is 0 Å². The molecule has 2 aromatic heterocycles. The first kappa shape index (κ1) is 17.7. The smallest absolute Gasteiger partial charge is 0.390 e. The first-order valence-electron chi connectivity index (χ1n) is 8.02. The van der Waals surface area contributed by atoms with Gasteiger partial charge in [-0.1, -0.05) is 0 Å². The summed E-state index contributed by atoms with van der Waals surface area (Å²) in [7, 11) is -4.49. The average Bonchev–Trinajstić information content (AvgIpc) is 3.15. The van der Waals surface area contributed by atoms with E-state index in [1.165, 1.54) is 12.7 Å². The van der Waals surface area contributed by atoms with Gasteiger partial charge in [-0.3, -0.25) is 4.57 Å². The molecule has 26 heavy (non-hydrogen) atoms. The van der Waals surface area contributed by atoms with Crippen LogP contribution in [0.5, 0.6) is 0 Å². The molecule has 0 aliphatic carbocycles. The third kappa shape index (κ3) is 3.45. The normalized spacial score (nSPS) is 28.9. The Kier molecular flexibility index (Phi) is 4.43. The fourth-order valence-corrected chi connectivity index (χ4v) is 3.80. The molecule has 0 saturated carbocycles. The highest BCUT2D eigenvalue weighted by molar-refractivity contribution is 7.49. The maximum Gasteiger partial charge on any atom is 0.403 e. The van der Waals surface area contributed by atoms with Gasteiger partial charge in [0.1, 0.15) is 18.1 Å². The van der Waals surface area contributed by atoms with Crippen molar-refractivity contribution in [2.24, 2.45) is 0 Å². The van der Waals surface area contributed by atoms with Gasteiger partial charge in [-0.05, 0) is 0 Å². The number of nitrogen functional groups attached to an aromatic ring is 1. The zero-order valence-corrected chi connectivity index (χ0v) is 14.5. The zero-order chi connectivity index (χ0) is 18.5. The number of rotatable bonds is 6. The van der Waals surface area contributed by atoms with Crippen LogP contribution in [-0.2, 0) is 14.0 Å². The molecule has 5 N–H and O–H groups in total. The average molecular weight is 386 g/mol. The van der Waals surface area contributed by atoms with E-state index in [0.29, 0.717) is 17.8 Å². The topological polar surface area (TPSA) is 172 Å². The van der Waals surface area contributed by atoms with Crippen molar-refractivity contribution >= 4 is 24.7 Å². The fraction of sp³-hybridized carbons (Fsp3) is 0.615. The predicted molar refractivity (Wildman–Crippen MR) is 87.6 cm³/mol. The SMILES string of the molecule is Nc1ncnc2c1ncn2[C@H]1CC(O)[C@@H](CN(CC2CO2)P(=O)(O)O)O1. The van der Waals surface area contributed by atoms with Gasteiger partial charge in [0.25, 0.3) is 0 Å². The summed E-state index contributed by atoms with van der Waals surface area (Å²) in [4.78, 5) is 31.2. The van der Waals surface area contributed by atoms with Crippen LogP contribution in [0.1, 0.15) is 12.6 Å². The molecule has 4 heterocycles. The molecule has 0 radical (unpaired) electrons. The summed E-state index contributed by atoms with van der Waals surface area (Å²) in [5.41, 5.74) is 6.66. The Hall–Kier alpha value is -1.66. The standard InChI is InChI=1S/C13H19N6O6P/c14-12-11-13(16-5-15-12)19(6-17-11)10-1-8(20)9(25-10)3-18(26(21,22)23)2-7-4-24-7/h5-10,20H,1-4H2,(H2,14,15,16)(H2,21,22,23)/t7?,8?,9-,10-/m1/s1. The van der Waals surface area contributed by atoms with E-state index in [9.17, 15) is 19.5 Å². The van der Waals surface area contributed by atoms with Crippen LogP contribution in [0.4, 0.5) is 5.82 Å². The molecule has 13 heteroatoms. The molecule has 0 bridgehead atoms. The van der Waals surface area contributed by atoms with Crippen LogP contribution in [0.25, 0.3) is 11.2 Å². The lowest BCUT2D eigenvalue weighted by Gasteiger charge is -2.26. The summed E-state index contributed by atoms with van der Waals surface area (Å²) in [5.74, 6) is 0.237. The minimum atomic E-state index is -4.49. The zero-order valence-electron chi connectivity index (χ0n) is 13.6. The number of aliphatic hydroxyl groups excluding tert-OH is 1. The molecule has 2 aromatic rings. The summed E-state index contributed by atoms with van der Waals surface area (Å²) in [6.45, 7) is 0.431. The molecule has 2 fully saturated rings. The van der Waals surface area contributed by atoms with Gasteiger partial charge in [0.05, 0.1) is 31.2 Å². The Morgan fingerprint density at radius 1 is 1.35 bits per heavy atom. The molecule has 2 aliphatic heterocycles. The van der Waals surface area contributed by atoms with Crippen LogP contribution < -0.4 is 5.73 Å². The minimum Gasteiger partial charge on any atom is -0.390 e. The first-order valence-corrected chi connectivity index (χ1v) is 9.58. The highest BCUT2D eigenvalue weighted by Gasteiger charge is 2.41. The van der Waals surface area contributed by atoms with Crippen molar-refractivity contribution in [3.05, 3.63) is 12.7 Å². The van der Waals surface area contributed by atoms with E-state index in [-0.39, 0.29) is 31.4 Å². The number of anilines is 1. The van der Waals surface area contributed by atoms with E-state index in [4.69, 9.17) is 15.2 Å². The van der Waals surface area contributed by atoms with Gasteiger partial charge >= 0.3 is 7.75 Å². The molecule has 2 unspecified atom stereocenters. The largest absolute Gasteiger partial charge is 0.403 e. The summed E-state index contributed by atoms with van der Waals surface area (Å²) < 4.78 is 25.2. The van der Waals surface area contributed by atoms with Crippen LogP contribution in [0.2, 0.25) is 0 Å². The second-order valence-electron chi connectivity index (χ2n) is 6.36. The molecule has 0 spiro atoms. The van der Waals surface area contributed by atoms with Crippen molar-refractivity contribution in [2.45, 2.75) is 31.0 Å². The van der Waals surface area contributed by atoms with E-state index in [0.717, 1.165) is 4.67 Å². The van der Waals surface area contributed by atoms with Gasteiger partial charge in [0, 0.05) is 19.5 Å². The van der Waals surface area contributed by atoms with Gasteiger partial charge in [-0.25, -0.2) is 24.2 Å². The lowest BCUT2D eigenvalue weighted by atomic mass is 10.2. The number of ether oxygens (including phenoxy) is 2. The van der Waals surface area contributed by atoms with E-state index in [1.54, 1.807) is 4.57 Å². The Bertz CT molecular complexity index is 853. The number of hydrogen-bond donors (Lipinski definition) is 4. The van der Waals surface area contributed by atoms with Crippen LogP contribution in [0, 0.1) is 0 Å². The Morgan fingerprint density at radius 2 is 2.12 bits per heavy atom. The second-order valence-corrected chi connectivity index (χ2v) is 7.95. The van der Waals surface area contributed by atoms with Crippen molar-refractivity contribution in [1.29, 1.82) is 0 Å². The van der Waals surface area contributed by atoms with E-state index in [2.05, 4.69) is 15.0 Å². The highest BCUT2D eigenvalue weighted by atomic mass is 31.2. The predicted octanol–water partition coefficient (Wildman–Crippen LogP) is -1.15. The molecule has 0 amide bonds. The molecule has 0 aromatic carbocycles. The number of nitrogens with two attached hydrogens (primary N) is 1. The van der Waals surface area contributed by atoms with E-state index in [1.807, 2.05) is 0 Å². The Balaban J connectivity index is 1.51. The summed E-state index contributed by atoms with van der Waals surface area (Å²) in [6, 6.07) is 0. The van der Waals surface area contributed by atoms with Crippen molar-refractivity contribution in [3.8, 4) is 0 Å². The summed E-state index contributed by atoms with van der Waals surface area (Å²) >= 11 is 0. The van der Waals surface area contributed by atoms with Gasteiger partial charge in [-0.2, -0.15) is 0 Å². The number of epoxide rings is 1. The first-order chi connectivity index (χ1) is 12.3. The molecule has 4 atom stereocenters. The Labute approximate surface area is 147 Å². The van der Waals surface area contributed by atoms with Crippen LogP contribution in [0.15, 0.2) is 12.7 Å². The maximum atomic E-state index is 11.7. The highest BCUT2D eigenvalue weighted by Crippen LogP contribution is 2.43. The van der Waals surface area contributed by atoms with E-state index < -0.39 is 26.2 Å². The van der Waals surface area contributed by atoms with Crippen molar-refractivity contribution < 1.29 is 28.9 Å². The van der Waals surface area contributed by atoms with Crippen molar-refractivity contribution in [1.82, 2.24) is 24.2 Å². The van der Waals surface area contributed by atoms with Gasteiger partial charge in [0.2, 0.25) is 0 Å². The molecule has 4 rings (SSSR count). The van der Waals surface area contributed by atoms with Gasteiger partial charge in [0.15, 0.2) is 11.5 Å². The summed E-state index contributed by atoms with van der Waals surface area (Å²) in [5, 5.41) is 10.3. The minimum absolute atomic E-state index is 0.0826.